The van der Waals surface area contributed by atoms with E-state index in [1.807, 2.05) is 0 Å². The Morgan fingerprint density at radius 2 is 0.957 bits per heavy atom. The molecule has 6 atom stereocenters. The third-order valence-corrected chi connectivity index (χ3v) is 8.31. The highest BCUT2D eigenvalue weighted by Gasteiger charge is 2.32. The largest absolute Gasteiger partial charge is 0.616 e. The van der Waals surface area contributed by atoms with Crippen molar-refractivity contribution in [2.45, 2.75) is 36.5 Å². The van der Waals surface area contributed by atoms with Gasteiger partial charge in [-0.3, -0.25) is 13.6 Å². The smallest absolute Gasteiger partial charge is 0.475 e. The van der Waals surface area contributed by atoms with Crippen LogP contribution in [0.2, 0.25) is 0 Å². The first kappa shape index (κ1) is 24.0. The predicted molar refractivity (Wildman–Crippen MR) is 96.0 cm³/mol. The van der Waals surface area contributed by atoms with Crippen molar-refractivity contribution in [1.29, 1.82) is 0 Å². The van der Waals surface area contributed by atoms with Crippen molar-refractivity contribution in [3.63, 3.8) is 0 Å². The van der Waals surface area contributed by atoms with Gasteiger partial charge in [0.05, 0.1) is 18.8 Å². The second-order valence-electron chi connectivity index (χ2n) is 5.26. The summed E-state index contributed by atoms with van der Waals surface area (Å²) in [5.74, 6) is 0. The molecule has 0 fully saturated rings. The van der Waals surface area contributed by atoms with E-state index in [4.69, 9.17) is 13.6 Å². The minimum absolute atomic E-state index is 0.0619. The average molecular weight is 411 g/mol. The van der Waals surface area contributed by atoms with E-state index in [1.165, 1.54) is 18.8 Å². The Bertz CT molecular complexity index is 318. The second-order valence-corrected chi connectivity index (χ2v) is 12.3. The van der Waals surface area contributed by atoms with E-state index in [0.29, 0.717) is 0 Å². The molecule has 0 aliphatic carbocycles. The van der Waals surface area contributed by atoms with Crippen molar-refractivity contribution in [1.82, 2.24) is 0 Å². The molecule has 0 spiro atoms. The molecule has 0 heterocycles. The van der Waals surface area contributed by atoms with Crippen molar-refractivity contribution in [3.05, 3.63) is 0 Å². The van der Waals surface area contributed by atoms with Gasteiger partial charge < -0.3 is 13.7 Å². The minimum atomic E-state index is -3.90. The van der Waals surface area contributed by atoms with Gasteiger partial charge in [0.25, 0.3) is 0 Å². The molecular formula is C12H27O7PS3. The lowest BCUT2D eigenvalue weighted by molar-refractivity contribution is 0.115. The molecule has 0 amide bonds. The molecule has 0 N–H and O–H groups in total. The molecule has 6 unspecified atom stereocenters. The van der Waals surface area contributed by atoms with Gasteiger partial charge in [-0.2, -0.15) is 0 Å². The summed E-state index contributed by atoms with van der Waals surface area (Å²) in [5.41, 5.74) is 0. The maximum atomic E-state index is 12.6. The first-order valence-corrected chi connectivity index (χ1v) is 13.3. The molecule has 0 aromatic rings. The highest BCUT2D eigenvalue weighted by atomic mass is 32.2. The van der Waals surface area contributed by atoms with Gasteiger partial charge in [0.15, 0.2) is 0 Å². The number of phosphoric ester groups is 1. The van der Waals surface area contributed by atoms with Gasteiger partial charge in [-0.15, -0.1) is 0 Å². The Labute approximate surface area is 148 Å². The third kappa shape index (κ3) is 10.6. The molecule has 0 bridgehead atoms. The fraction of sp³-hybridized carbons (Fsp3) is 1.00. The number of rotatable bonds is 12. The Morgan fingerprint density at radius 1 is 0.739 bits per heavy atom. The van der Waals surface area contributed by atoms with Crippen LogP contribution in [-0.4, -0.2) is 68.0 Å². The van der Waals surface area contributed by atoms with Crippen LogP contribution in [0.25, 0.3) is 0 Å². The van der Waals surface area contributed by atoms with Crippen LogP contribution in [0.3, 0.4) is 0 Å². The first-order valence-electron chi connectivity index (χ1n) is 6.98. The zero-order valence-electron chi connectivity index (χ0n) is 14.4. The fourth-order valence-electron chi connectivity index (χ4n) is 0.988. The molecule has 7 nitrogen and oxygen atoms in total. The van der Waals surface area contributed by atoms with E-state index in [0.717, 1.165) is 0 Å². The zero-order valence-corrected chi connectivity index (χ0v) is 17.7. The summed E-state index contributed by atoms with van der Waals surface area (Å²) in [6, 6.07) is 0. The fourth-order valence-corrected chi connectivity index (χ4v) is 3.51. The first-order chi connectivity index (χ1) is 10.5. The van der Waals surface area contributed by atoms with Crippen molar-refractivity contribution in [3.8, 4) is 0 Å². The van der Waals surface area contributed by atoms with Crippen LogP contribution in [0, 0.1) is 0 Å². The molecule has 0 saturated heterocycles. The van der Waals surface area contributed by atoms with Crippen LogP contribution >= 0.6 is 7.82 Å². The van der Waals surface area contributed by atoms with Crippen molar-refractivity contribution in [2.75, 3.05) is 38.6 Å². The van der Waals surface area contributed by atoms with E-state index >= 15 is 0 Å². The van der Waals surface area contributed by atoms with E-state index in [-0.39, 0.29) is 35.6 Å². The number of phosphoric acid groups is 1. The Hall–Kier alpha value is 1.04. The van der Waals surface area contributed by atoms with Gasteiger partial charge in [-0.25, -0.2) is 4.57 Å². The van der Waals surface area contributed by atoms with Gasteiger partial charge in [0.2, 0.25) is 0 Å². The van der Waals surface area contributed by atoms with Crippen LogP contribution < -0.4 is 0 Å². The van der Waals surface area contributed by atoms with Crippen LogP contribution in [0.15, 0.2) is 0 Å². The Morgan fingerprint density at radius 3 is 1.13 bits per heavy atom. The second kappa shape index (κ2) is 11.6. The highest BCUT2D eigenvalue weighted by Crippen LogP contribution is 2.50. The normalized spacial score (nSPS) is 22.7. The van der Waals surface area contributed by atoms with Gasteiger partial charge in [-0.05, 0) is 20.8 Å². The van der Waals surface area contributed by atoms with Gasteiger partial charge in [0, 0.05) is 0 Å². The standard InChI is InChI=1S/C12H27O7PS3/c1-10(21(4)14)7-17-20(13,18-8-11(2)22(5)15)19-9-12(3)23(6)16/h10-12H,7-9H2,1-6H3. The summed E-state index contributed by atoms with van der Waals surface area (Å²) in [6.45, 7) is 4.88. The SMILES string of the molecule is CC(COP(=O)(OCC(C)[S+](C)[O-])OCC(C)[S+](C)[O-])[S+](C)[O-]. The van der Waals surface area contributed by atoms with Gasteiger partial charge in [0.1, 0.15) is 35.6 Å². The quantitative estimate of drug-likeness (QED) is 0.353. The van der Waals surface area contributed by atoms with E-state index in [9.17, 15) is 18.2 Å². The molecule has 0 rings (SSSR count). The topological polar surface area (TPSA) is 114 Å². The molecule has 0 aliphatic rings. The summed E-state index contributed by atoms with van der Waals surface area (Å²) in [7, 11) is -3.90. The molecule has 140 valence electrons. The molecular weight excluding hydrogens is 383 g/mol. The summed E-state index contributed by atoms with van der Waals surface area (Å²) in [5, 5.41) is -1.03. The lowest BCUT2D eigenvalue weighted by Gasteiger charge is -2.23. The van der Waals surface area contributed by atoms with E-state index < -0.39 is 41.4 Å². The van der Waals surface area contributed by atoms with Crippen LogP contribution in [0.1, 0.15) is 20.8 Å². The molecule has 0 radical (unpaired) electrons. The van der Waals surface area contributed by atoms with Crippen LogP contribution in [-0.2, 0) is 51.7 Å². The monoisotopic (exact) mass is 410 g/mol. The van der Waals surface area contributed by atoms with Crippen LogP contribution in [0.5, 0.6) is 0 Å². The number of hydrogen-bond donors (Lipinski definition) is 0. The maximum absolute atomic E-state index is 12.6. The van der Waals surface area contributed by atoms with Gasteiger partial charge in [-0.1, -0.05) is 33.5 Å². The lowest BCUT2D eigenvalue weighted by atomic mass is 10.5. The summed E-state index contributed by atoms with van der Waals surface area (Å²) >= 11 is -3.42. The molecule has 0 aromatic heterocycles. The molecule has 23 heavy (non-hydrogen) atoms. The summed E-state index contributed by atoms with van der Waals surface area (Å²) < 4.78 is 62.4. The molecule has 11 heteroatoms. The van der Waals surface area contributed by atoms with Crippen molar-refractivity contribution < 1.29 is 31.8 Å². The lowest BCUT2D eigenvalue weighted by Crippen LogP contribution is -2.26. The third-order valence-electron chi connectivity index (χ3n) is 3.10. The van der Waals surface area contributed by atoms with Crippen LogP contribution in [0.4, 0.5) is 0 Å². The Balaban J connectivity index is 4.72. The van der Waals surface area contributed by atoms with Gasteiger partial charge >= 0.3 is 7.82 Å². The zero-order chi connectivity index (χ0) is 18.2. The van der Waals surface area contributed by atoms with E-state index in [2.05, 4.69) is 0 Å². The average Bonchev–Trinajstić information content (AvgIpc) is 2.47. The van der Waals surface area contributed by atoms with Crippen molar-refractivity contribution >= 4 is 41.4 Å². The molecule has 0 aromatic carbocycles. The minimum Gasteiger partial charge on any atom is -0.616 e. The summed E-state index contributed by atoms with van der Waals surface area (Å²) in [4.78, 5) is 0. The summed E-state index contributed by atoms with van der Waals surface area (Å²) in [6.07, 6.45) is 4.56. The van der Waals surface area contributed by atoms with Crippen molar-refractivity contribution in [2.24, 2.45) is 0 Å². The van der Waals surface area contributed by atoms with E-state index in [1.54, 1.807) is 20.8 Å². The maximum Gasteiger partial charge on any atom is 0.475 e. The highest BCUT2D eigenvalue weighted by molar-refractivity contribution is 7.91. The predicted octanol–water partition coefficient (Wildman–Crippen LogP) is 1.45. The number of hydrogen-bond acceptors (Lipinski definition) is 7. The molecule has 0 saturated carbocycles. The Kier molecular flexibility index (Phi) is 12.1. The molecule has 0 aliphatic heterocycles.